The highest BCUT2D eigenvalue weighted by molar-refractivity contribution is 5.98. The molecule has 7 nitrogen and oxygen atoms in total. The number of aryl methyl sites for hydroxylation is 1. The number of hydrogen-bond donors (Lipinski definition) is 3. The number of aromatic amines is 1. The number of halogens is 1. The van der Waals surface area contributed by atoms with Crippen molar-refractivity contribution in [2.45, 2.75) is 6.92 Å². The molecule has 3 aromatic rings. The number of aromatic nitrogens is 3. The molecule has 0 bridgehead atoms. The Morgan fingerprint density at radius 2 is 2.08 bits per heavy atom. The summed E-state index contributed by atoms with van der Waals surface area (Å²) in [6, 6.07) is 7.76. The van der Waals surface area contributed by atoms with E-state index in [-0.39, 0.29) is 22.8 Å². The Bertz CT molecular complexity index is 923. The SMILES string of the molecule is Cc1ccc(-c2[nH]c(-c3ccnc(N)n3)cc2C(=O)ON)c(F)c1. The molecule has 0 aliphatic rings. The Morgan fingerprint density at radius 1 is 1.29 bits per heavy atom. The lowest BCUT2D eigenvalue weighted by atomic mass is 10.1. The third-order valence-corrected chi connectivity index (χ3v) is 3.49. The van der Waals surface area contributed by atoms with Crippen LogP contribution < -0.4 is 11.6 Å². The van der Waals surface area contributed by atoms with E-state index in [0.29, 0.717) is 11.4 Å². The zero-order valence-electron chi connectivity index (χ0n) is 12.7. The number of benzene rings is 1. The molecule has 8 heteroatoms. The maximum Gasteiger partial charge on any atom is 0.358 e. The minimum absolute atomic E-state index is 0.0770. The maximum absolute atomic E-state index is 14.3. The molecule has 1 aromatic carbocycles. The van der Waals surface area contributed by atoms with E-state index < -0.39 is 11.8 Å². The monoisotopic (exact) mass is 327 g/mol. The molecule has 0 atom stereocenters. The fraction of sp³-hybridized carbons (Fsp3) is 0.0625. The molecule has 0 unspecified atom stereocenters. The van der Waals surface area contributed by atoms with Crippen LogP contribution in [0.3, 0.4) is 0 Å². The second-order valence-corrected chi connectivity index (χ2v) is 5.16. The summed E-state index contributed by atoms with van der Waals surface area (Å²) in [6.07, 6.45) is 1.48. The average molecular weight is 327 g/mol. The normalized spacial score (nSPS) is 10.6. The summed E-state index contributed by atoms with van der Waals surface area (Å²) < 4.78 is 14.3. The van der Waals surface area contributed by atoms with Crippen LogP contribution in [0.5, 0.6) is 0 Å². The number of anilines is 1. The van der Waals surface area contributed by atoms with E-state index in [0.717, 1.165) is 5.56 Å². The lowest BCUT2D eigenvalue weighted by molar-refractivity contribution is 0.0504. The highest BCUT2D eigenvalue weighted by Crippen LogP contribution is 2.30. The van der Waals surface area contributed by atoms with Gasteiger partial charge in [-0.25, -0.2) is 19.2 Å². The van der Waals surface area contributed by atoms with Gasteiger partial charge < -0.3 is 15.6 Å². The zero-order chi connectivity index (χ0) is 17.3. The number of nitrogens with two attached hydrogens (primary N) is 2. The number of hydrogen-bond acceptors (Lipinski definition) is 6. The van der Waals surface area contributed by atoms with Crippen LogP contribution >= 0.6 is 0 Å². The number of H-pyrrole nitrogens is 1. The van der Waals surface area contributed by atoms with Gasteiger partial charge in [0.2, 0.25) is 5.95 Å². The van der Waals surface area contributed by atoms with E-state index >= 15 is 0 Å². The first-order valence-electron chi connectivity index (χ1n) is 6.99. The number of rotatable bonds is 3. The molecule has 24 heavy (non-hydrogen) atoms. The van der Waals surface area contributed by atoms with Crippen LogP contribution in [0.15, 0.2) is 36.5 Å². The van der Waals surface area contributed by atoms with Crippen molar-refractivity contribution in [3.8, 4) is 22.6 Å². The third-order valence-electron chi connectivity index (χ3n) is 3.49. The van der Waals surface area contributed by atoms with Crippen LogP contribution in [0, 0.1) is 12.7 Å². The Balaban J connectivity index is 2.19. The summed E-state index contributed by atoms with van der Waals surface area (Å²) >= 11 is 0. The first-order chi connectivity index (χ1) is 11.5. The van der Waals surface area contributed by atoms with Crippen LogP contribution in [0.25, 0.3) is 22.6 Å². The van der Waals surface area contributed by atoms with Gasteiger partial charge in [0.15, 0.2) is 0 Å². The first-order valence-corrected chi connectivity index (χ1v) is 6.99. The van der Waals surface area contributed by atoms with Crippen molar-refractivity contribution < 1.29 is 14.0 Å². The lowest BCUT2D eigenvalue weighted by Gasteiger charge is -2.05. The average Bonchev–Trinajstić information content (AvgIpc) is 2.99. The van der Waals surface area contributed by atoms with Crippen LogP contribution in [0.4, 0.5) is 10.3 Å². The second kappa shape index (κ2) is 6.09. The molecular weight excluding hydrogens is 313 g/mol. The van der Waals surface area contributed by atoms with Gasteiger partial charge in [0.1, 0.15) is 5.82 Å². The Labute approximate surface area is 136 Å². The van der Waals surface area contributed by atoms with Crippen LogP contribution in [0.2, 0.25) is 0 Å². The molecule has 0 amide bonds. The van der Waals surface area contributed by atoms with Crippen LogP contribution in [0.1, 0.15) is 15.9 Å². The summed E-state index contributed by atoms with van der Waals surface area (Å²) in [4.78, 5) is 27.1. The van der Waals surface area contributed by atoms with Gasteiger partial charge in [-0.3, -0.25) is 0 Å². The van der Waals surface area contributed by atoms with E-state index in [4.69, 9.17) is 11.6 Å². The van der Waals surface area contributed by atoms with Gasteiger partial charge in [-0.1, -0.05) is 6.07 Å². The molecule has 5 N–H and O–H groups in total. The second-order valence-electron chi connectivity index (χ2n) is 5.16. The van der Waals surface area contributed by atoms with Gasteiger partial charge in [-0.15, -0.1) is 0 Å². The minimum atomic E-state index is -0.797. The molecule has 0 radical (unpaired) electrons. The molecule has 0 fully saturated rings. The smallest absolute Gasteiger partial charge is 0.358 e. The molecule has 3 rings (SSSR count). The van der Waals surface area contributed by atoms with Crippen molar-refractivity contribution in [2.75, 3.05) is 5.73 Å². The van der Waals surface area contributed by atoms with Gasteiger partial charge in [0.25, 0.3) is 0 Å². The summed E-state index contributed by atoms with van der Waals surface area (Å²) in [5, 5.41) is 0. The topological polar surface area (TPSA) is 120 Å². The molecule has 0 saturated carbocycles. The van der Waals surface area contributed by atoms with Crippen molar-refractivity contribution in [1.29, 1.82) is 0 Å². The number of nitrogen functional groups attached to an aromatic ring is 1. The van der Waals surface area contributed by atoms with Gasteiger partial charge in [0, 0.05) is 11.8 Å². The molecule has 0 saturated heterocycles. The van der Waals surface area contributed by atoms with Gasteiger partial charge >= 0.3 is 5.97 Å². The quantitative estimate of drug-likeness (QED) is 0.634. The Morgan fingerprint density at radius 3 is 2.75 bits per heavy atom. The van der Waals surface area contributed by atoms with Crippen molar-refractivity contribution in [2.24, 2.45) is 5.90 Å². The third kappa shape index (κ3) is 2.82. The van der Waals surface area contributed by atoms with E-state index in [1.807, 2.05) is 0 Å². The molecule has 2 aromatic heterocycles. The molecule has 0 spiro atoms. The fourth-order valence-corrected chi connectivity index (χ4v) is 2.38. The number of nitrogens with zero attached hydrogens (tertiary/aromatic N) is 2. The van der Waals surface area contributed by atoms with Gasteiger partial charge in [0.05, 0.1) is 22.6 Å². The Hall–Kier alpha value is -3.26. The van der Waals surface area contributed by atoms with E-state index in [1.165, 1.54) is 18.3 Å². The van der Waals surface area contributed by atoms with E-state index in [1.54, 1.807) is 25.1 Å². The molecule has 2 heterocycles. The van der Waals surface area contributed by atoms with Crippen LogP contribution in [-0.4, -0.2) is 20.9 Å². The minimum Gasteiger partial charge on any atom is -0.370 e. The van der Waals surface area contributed by atoms with Crippen molar-refractivity contribution >= 4 is 11.9 Å². The number of carbonyl (C=O) groups excluding carboxylic acids is 1. The van der Waals surface area contributed by atoms with E-state index in [2.05, 4.69) is 19.8 Å². The standard InChI is InChI=1S/C16H14FN5O2/c1-8-2-3-9(11(17)6-8)14-10(15(23)24-19)7-13(21-14)12-4-5-20-16(18)22-12/h2-7,21H,19H2,1H3,(H2,18,20,22). The van der Waals surface area contributed by atoms with Crippen molar-refractivity contribution in [3.05, 3.63) is 53.5 Å². The van der Waals surface area contributed by atoms with E-state index in [9.17, 15) is 9.18 Å². The van der Waals surface area contributed by atoms with Crippen LogP contribution in [-0.2, 0) is 4.84 Å². The number of carbonyl (C=O) groups is 1. The summed E-state index contributed by atoms with van der Waals surface area (Å²) in [5.41, 5.74) is 7.79. The largest absolute Gasteiger partial charge is 0.370 e. The zero-order valence-corrected chi connectivity index (χ0v) is 12.7. The molecule has 122 valence electrons. The predicted molar refractivity (Wildman–Crippen MR) is 86.0 cm³/mol. The lowest BCUT2D eigenvalue weighted by Crippen LogP contribution is -2.10. The van der Waals surface area contributed by atoms with Crippen molar-refractivity contribution in [1.82, 2.24) is 15.0 Å². The molecule has 0 aliphatic carbocycles. The fourth-order valence-electron chi connectivity index (χ4n) is 2.38. The highest BCUT2D eigenvalue weighted by atomic mass is 19.1. The summed E-state index contributed by atoms with van der Waals surface area (Å²) in [6.45, 7) is 1.77. The number of nitrogens with one attached hydrogen (secondary N) is 1. The highest BCUT2D eigenvalue weighted by Gasteiger charge is 2.21. The van der Waals surface area contributed by atoms with Gasteiger partial charge in [-0.05, 0) is 36.8 Å². The van der Waals surface area contributed by atoms with Gasteiger partial charge in [-0.2, -0.15) is 5.90 Å². The summed E-state index contributed by atoms with van der Waals surface area (Å²) in [5.74, 6) is 3.79. The predicted octanol–water partition coefficient (Wildman–Crippen LogP) is 2.20. The maximum atomic E-state index is 14.3. The molecular formula is C16H14FN5O2. The van der Waals surface area contributed by atoms with Crippen molar-refractivity contribution in [3.63, 3.8) is 0 Å². The first kappa shape index (κ1) is 15.6. The summed E-state index contributed by atoms with van der Waals surface area (Å²) in [7, 11) is 0. The Kier molecular flexibility index (Phi) is 3.97. The molecule has 0 aliphatic heterocycles.